The molecule has 0 saturated heterocycles. The molecule has 0 aliphatic heterocycles. The van der Waals surface area contributed by atoms with Crippen LogP contribution in [0.1, 0.15) is 30.4 Å². The van der Waals surface area contributed by atoms with Gasteiger partial charge in [0.25, 0.3) is 0 Å². The zero-order valence-corrected chi connectivity index (χ0v) is 11.9. The normalized spacial score (nSPS) is 17.1. The third-order valence-electron chi connectivity index (χ3n) is 3.66. The van der Waals surface area contributed by atoms with Gasteiger partial charge in [-0.15, -0.1) is 0 Å². The zero-order chi connectivity index (χ0) is 12.3. The van der Waals surface area contributed by atoms with Gasteiger partial charge in [0.05, 0.1) is 0 Å². The zero-order valence-electron chi connectivity index (χ0n) is 10.3. The number of hydrogen-bond acceptors (Lipinski definition) is 2. The fourth-order valence-corrected chi connectivity index (χ4v) is 2.57. The van der Waals surface area contributed by atoms with E-state index in [1.165, 1.54) is 28.4 Å². The fourth-order valence-electron chi connectivity index (χ4n) is 2.15. The van der Waals surface area contributed by atoms with E-state index in [0.717, 1.165) is 19.5 Å². The SMILES string of the molecule is Cc1ccc(CNCC2(CCO)CC2)cc1Br. The molecule has 1 aliphatic rings. The lowest BCUT2D eigenvalue weighted by atomic mass is 10.0. The van der Waals surface area contributed by atoms with Gasteiger partial charge in [-0.3, -0.25) is 0 Å². The Hall–Kier alpha value is -0.380. The van der Waals surface area contributed by atoms with Gasteiger partial charge in [0, 0.05) is 24.2 Å². The fraction of sp³-hybridized carbons (Fsp3) is 0.571. The van der Waals surface area contributed by atoms with Crippen molar-refractivity contribution >= 4 is 15.9 Å². The topological polar surface area (TPSA) is 32.3 Å². The van der Waals surface area contributed by atoms with Crippen molar-refractivity contribution in [3.05, 3.63) is 33.8 Å². The molecule has 0 heterocycles. The van der Waals surface area contributed by atoms with Crippen LogP contribution < -0.4 is 5.32 Å². The first-order valence-corrected chi connectivity index (χ1v) is 7.01. The molecule has 0 bridgehead atoms. The van der Waals surface area contributed by atoms with Gasteiger partial charge in [-0.25, -0.2) is 0 Å². The number of aryl methyl sites for hydroxylation is 1. The predicted molar refractivity (Wildman–Crippen MR) is 74.0 cm³/mol. The molecule has 1 aromatic rings. The van der Waals surface area contributed by atoms with Gasteiger partial charge in [-0.2, -0.15) is 0 Å². The Labute approximate surface area is 112 Å². The van der Waals surface area contributed by atoms with Crippen LogP contribution in [-0.2, 0) is 6.54 Å². The van der Waals surface area contributed by atoms with E-state index >= 15 is 0 Å². The lowest BCUT2D eigenvalue weighted by molar-refractivity contribution is 0.245. The van der Waals surface area contributed by atoms with E-state index in [9.17, 15) is 0 Å². The van der Waals surface area contributed by atoms with Gasteiger partial charge in [-0.1, -0.05) is 28.1 Å². The van der Waals surface area contributed by atoms with Crippen molar-refractivity contribution in [2.75, 3.05) is 13.2 Å². The highest BCUT2D eigenvalue weighted by atomic mass is 79.9. The summed E-state index contributed by atoms with van der Waals surface area (Å²) in [5.74, 6) is 0. The molecule has 1 aliphatic carbocycles. The van der Waals surface area contributed by atoms with Crippen molar-refractivity contribution < 1.29 is 5.11 Å². The third kappa shape index (κ3) is 3.54. The summed E-state index contributed by atoms with van der Waals surface area (Å²) in [6, 6.07) is 6.48. The van der Waals surface area contributed by atoms with Crippen molar-refractivity contribution in [2.24, 2.45) is 5.41 Å². The van der Waals surface area contributed by atoms with Crippen LogP contribution in [0.25, 0.3) is 0 Å². The first-order chi connectivity index (χ1) is 8.15. The molecule has 3 heteroatoms. The van der Waals surface area contributed by atoms with E-state index < -0.39 is 0 Å². The first kappa shape index (κ1) is 13.1. The minimum atomic E-state index is 0.317. The van der Waals surface area contributed by atoms with Crippen molar-refractivity contribution in [3.8, 4) is 0 Å². The standard InChI is InChI=1S/C14H20BrNO/c1-11-2-3-12(8-13(11)15)9-16-10-14(4-5-14)6-7-17/h2-3,8,16-17H,4-7,9-10H2,1H3. The molecule has 1 aromatic carbocycles. The molecular weight excluding hydrogens is 278 g/mol. The Morgan fingerprint density at radius 1 is 1.41 bits per heavy atom. The summed E-state index contributed by atoms with van der Waals surface area (Å²) in [7, 11) is 0. The summed E-state index contributed by atoms with van der Waals surface area (Å²) in [5.41, 5.74) is 2.98. The summed E-state index contributed by atoms with van der Waals surface area (Å²) < 4.78 is 1.17. The quantitative estimate of drug-likeness (QED) is 0.846. The Bertz CT molecular complexity index is 388. The number of aliphatic hydroxyl groups excluding tert-OH is 1. The van der Waals surface area contributed by atoms with Crippen LogP contribution in [0, 0.1) is 12.3 Å². The Kier molecular flexibility index (Phi) is 4.23. The van der Waals surface area contributed by atoms with Crippen molar-refractivity contribution in [1.29, 1.82) is 0 Å². The highest BCUT2D eigenvalue weighted by molar-refractivity contribution is 9.10. The summed E-state index contributed by atoms with van der Waals surface area (Å²) >= 11 is 3.55. The van der Waals surface area contributed by atoms with Gasteiger partial charge in [-0.05, 0) is 48.8 Å². The van der Waals surface area contributed by atoms with Gasteiger partial charge < -0.3 is 10.4 Å². The molecule has 0 radical (unpaired) electrons. The van der Waals surface area contributed by atoms with E-state index in [2.05, 4.69) is 46.4 Å². The second kappa shape index (κ2) is 5.51. The molecule has 0 atom stereocenters. The smallest absolute Gasteiger partial charge is 0.0436 e. The highest BCUT2D eigenvalue weighted by Gasteiger charge is 2.41. The Balaban J connectivity index is 1.80. The van der Waals surface area contributed by atoms with E-state index in [4.69, 9.17) is 5.11 Å². The summed E-state index contributed by atoms with van der Waals surface area (Å²) in [6.45, 7) is 4.35. The maximum Gasteiger partial charge on any atom is 0.0436 e. The molecule has 1 fully saturated rings. The number of benzene rings is 1. The largest absolute Gasteiger partial charge is 0.396 e. The minimum Gasteiger partial charge on any atom is -0.396 e. The van der Waals surface area contributed by atoms with Crippen LogP contribution in [-0.4, -0.2) is 18.3 Å². The van der Waals surface area contributed by atoms with E-state index in [1.807, 2.05) is 0 Å². The molecule has 0 amide bonds. The molecule has 2 N–H and O–H groups in total. The lowest BCUT2D eigenvalue weighted by Crippen LogP contribution is -2.24. The van der Waals surface area contributed by atoms with Gasteiger partial charge in [0.2, 0.25) is 0 Å². The molecule has 2 nitrogen and oxygen atoms in total. The van der Waals surface area contributed by atoms with Gasteiger partial charge in [0.15, 0.2) is 0 Å². The first-order valence-electron chi connectivity index (χ1n) is 6.22. The molecule has 17 heavy (non-hydrogen) atoms. The minimum absolute atomic E-state index is 0.317. The van der Waals surface area contributed by atoms with Crippen LogP contribution in [0.15, 0.2) is 22.7 Å². The number of aliphatic hydroxyl groups is 1. The average molecular weight is 298 g/mol. The van der Waals surface area contributed by atoms with Crippen molar-refractivity contribution in [1.82, 2.24) is 5.32 Å². The van der Waals surface area contributed by atoms with Gasteiger partial charge >= 0.3 is 0 Å². The maximum absolute atomic E-state index is 8.99. The molecule has 1 saturated carbocycles. The van der Waals surface area contributed by atoms with Crippen LogP contribution in [0.4, 0.5) is 0 Å². The summed E-state index contributed by atoms with van der Waals surface area (Å²) in [5, 5.41) is 12.5. The number of nitrogens with one attached hydrogen (secondary N) is 1. The van der Waals surface area contributed by atoms with E-state index in [-0.39, 0.29) is 0 Å². The Morgan fingerprint density at radius 3 is 2.76 bits per heavy atom. The van der Waals surface area contributed by atoms with Crippen LogP contribution in [0.2, 0.25) is 0 Å². The summed E-state index contributed by atoms with van der Waals surface area (Å²) in [4.78, 5) is 0. The summed E-state index contributed by atoms with van der Waals surface area (Å²) in [6.07, 6.45) is 3.47. The average Bonchev–Trinajstić information content (AvgIpc) is 3.04. The predicted octanol–water partition coefficient (Wildman–Crippen LogP) is 3.01. The molecule has 2 rings (SSSR count). The van der Waals surface area contributed by atoms with Crippen molar-refractivity contribution in [2.45, 2.75) is 32.7 Å². The monoisotopic (exact) mass is 297 g/mol. The van der Waals surface area contributed by atoms with E-state index in [0.29, 0.717) is 12.0 Å². The van der Waals surface area contributed by atoms with Crippen molar-refractivity contribution in [3.63, 3.8) is 0 Å². The second-order valence-electron chi connectivity index (χ2n) is 5.16. The molecular formula is C14H20BrNO. The second-order valence-corrected chi connectivity index (χ2v) is 6.02. The lowest BCUT2D eigenvalue weighted by Gasteiger charge is -2.14. The molecule has 0 unspecified atom stereocenters. The number of halogens is 1. The van der Waals surface area contributed by atoms with Crippen LogP contribution >= 0.6 is 15.9 Å². The Morgan fingerprint density at radius 2 is 2.18 bits per heavy atom. The maximum atomic E-state index is 8.99. The highest BCUT2D eigenvalue weighted by Crippen LogP contribution is 2.47. The molecule has 94 valence electrons. The van der Waals surface area contributed by atoms with E-state index in [1.54, 1.807) is 0 Å². The third-order valence-corrected chi connectivity index (χ3v) is 4.52. The van der Waals surface area contributed by atoms with Crippen LogP contribution in [0.3, 0.4) is 0 Å². The van der Waals surface area contributed by atoms with Gasteiger partial charge in [0.1, 0.15) is 0 Å². The number of rotatable bonds is 6. The molecule has 0 aromatic heterocycles. The molecule has 0 spiro atoms. The number of hydrogen-bond donors (Lipinski definition) is 2. The van der Waals surface area contributed by atoms with Crippen LogP contribution in [0.5, 0.6) is 0 Å².